The minimum Gasteiger partial charge on any atom is -0.356 e. The molecule has 0 bridgehead atoms. The number of hydrogen-bond donors (Lipinski definition) is 2. The topological polar surface area (TPSA) is 67.1 Å². The van der Waals surface area contributed by atoms with Crippen molar-refractivity contribution in [2.45, 2.75) is 63.5 Å². The number of guanidine groups is 1. The molecule has 1 atom stereocenters. The molecule has 0 saturated heterocycles. The summed E-state index contributed by atoms with van der Waals surface area (Å²) < 4.78 is 3.26. The molecular formula is C21H29BrN6. The third-order valence-electron chi connectivity index (χ3n) is 5.85. The Morgan fingerprint density at radius 1 is 1.36 bits per heavy atom. The monoisotopic (exact) mass is 444 g/mol. The fraction of sp³-hybridized carbons (Fsp3) is 0.571. The first-order valence-electron chi connectivity index (χ1n) is 10.2. The molecule has 2 aliphatic rings. The Kier molecular flexibility index (Phi) is 5.45. The van der Waals surface area contributed by atoms with E-state index in [9.17, 15) is 0 Å². The Morgan fingerprint density at radius 2 is 2.14 bits per heavy atom. The Morgan fingerprint density at radius 3 is 2.82 bits per heavy atom. The van der Waals surface area contributed by atoms with Gasteiger partial charge in [0.1, 0.15) is 5.82 Å². The van der Waals surface area contributed by atoms with Gasteiger partial charge in [0, 0.05) is 41.9 Å². The molecule has 1 saturated carbocycles. The lowest BCUT2D eigenvalue weighted by atomic mass is 9.96. The molecule has 2 heterocycles. The van der Waals surface area contributed by atoms with E-state index in [-0.39, 0.29) is 5.41 Å². The van der Waals surface area contributed by atoms with Crippen LogP contribution in [0.25, 0.3) is 0 Å². The second-order valence-corrected chi connectivity index (χ2v) is 9.14. The maximum atomic E-state index is 4.68. The predicted molar refractivity (Wildman–Crippen MR) is 116 cm³/mol. The van der Waals surface area contributed by atoms with Gasteiger partial charge in [0.15, 0.2) is 11.8 Å². The summed E-state index contributed by atoms with van der Waals surface area (Å²) in [5.41, 5.74) is 1.61. The van der Waals surface area contributed by atoms with Crippen LogP contribution in [0.15, 0.2) is 33.7 Å². The van der Waals surface area contributed by atoms with Gasteiger partial charge in [-0.3, -0.25) is 4.99 Å². The Balaban J connectivity index is 1.36. The van der Waals surface area contributed by atoms with Gasteiger partial charge in [-0.2, -0.15) is 5.10 Å². The maximum absolute atomic E-state index is 4.68. The largest absolute Gasteiger partial charge is 0.356 e. The molecule has 6 nitrogen and oxygen atoms in total. The van der Waals surface area contributed by atoms with E-state index in [4.69, 9.17) is 0 Å². The molecule has 1 unspecified atom stereocenters. The van der Waals surface area contributed by atoms with Gasteiger partial charge in [-0.1, -0.05) is 48.0 Å². The highest BCUT2D eigenvalue weighted by Gasteiger charge is 2.45. The quantitative estimate of drug-likeness (QED) is 0.547. The average molecular weight is 445 g/mol. The number of hydrogen-bond acceptors (Lipinski definition) is 3. The summed E-state index contributed by atoms with van der Waals surface area (Å²) in [4.78, 5) is 9.13. The van der Waals surface area contributed by atoms with Crippen molar-refractivity contribution in [3.8, 4) is 0 Å². The average Bonchev–Trinajstić information content (AvgIpc) is 3.35. The molecule has 0 radical (unpaired) electrons. The van der Waals surface area contributed by atoms with Crippen LogP contribution in [-0.2, 0) is 18.4 Å². The molecule has 4 rings (SSSR count). The van der Waals surface area contributed by atoms with E-state index in [2.05, 4.69) is 84.4 Å². The SMILES string of the molecule is CN=C(NCC1(c2ccccc2Br)CC1)NC1CCc2nc(C(C)C)nn2C1. The highest BCUT2D eigenvalue weighted by Crippen LogP contribution is 2.49. The Bertz CT molecular complexity index is 868. The van der Waals surface area contributed by atoms with Crippen molar-refractivity contribution in [2.75, 3.05) is 13.6 Å². The first-order valence-corrected chi connectivity index (χ1v) is 11.0. The summed E-state index contributed by atoms with van der Waals surface area (Å²) in [5, 5.41) is 11.8. The molecule has 1 fully saturated rings. The number of nitrogens with zero attached hydrogens (tertiary/aromatic N) is 4. The lowest BCUT2D eigenvalue weighted by Gasteiger charge is -2.26. The molecule has 1 aliphatic heterocycles. The van der Waals surface area contributed by atoms with E-state index < -0.39 is 0 Å². The summed E-state index contributed by atoms with van der Waals surface area (Å²) in [6, 6.07) is 8.87. The molecule has 7 heteroatoms. The number of fused-ring (bicyclic) bond motifs is 1. The van der Waals surface area contributed by atoms with Crippen molar-refractivity contribution in [3.63, 3.8) is 0 Å². The van der Waals surface area contributed by atoms with Gasteiger partial charge < -0.3 is 10.6 Å². The van der Waals surface area contributed by atoms with Crippen LogP contribution in [0.5, 0.6) is 0 Å². The van der Waals surface area contributed by atoms with Gasteiger partial charge in [0.2, 0.25) is 0 Å². The summed E-state index contributed by atoms with van der Waals surface area (Å²) in [6.45, 7) is 6.02. The molecule has 28 heavy (non-hydrogen) atoms. The van der Waals surface area contributed by atoms with Crippen LogP contribution in [0.4, 0.5) is 0 Å². The minimum absolute atomic E-state index is 0.218. The zero-order valence-corrected chi connectivity index (χ0v) is 18.5. The molecule has 1 aromatic carbocycles. The van der Waals surface area contributed by atoms with E-state index in [1.807, 2.05) is 7.05 Å². The normalized spacial score (nSPS) is 20.8. The van der Waals surface area contributed by atoms with Crippen molar-refractivity contribution in [1.29, 1.82) is 0 Å². The number of aryl methyl sites for hydroxylation is 1. The fourth-order valence-electron chi connectivity index (χ4n) is 3.92. The maximum Gasteiger partial charge on any atom is 0.191 e. The Labute approximate surface area is 175 Å². The third-order valence-corrected chi connectivity index (χ3v) is 6.54. The van der Waals surface area contributed by atoms with Crippen molar-refractivity contribution in [1.82, 2.24) is 25.4 Å². The molecular weight excluding hydrogens is 416 g/mol. The van der Waals surface area contributed by atoms with Crippen LogP contribution >= 0.6 is 15.9 Å². The zero-order chi connectivity index (χ0) is 19.7. The highest BCUT2D eigenvalue weighted by molar-refractivity contribution is 9.10. The first-order chi connectivity index (χ1) is 13.5. The number of nitrogens with one attached hydrogen (secondary N) is 2. The second kappa shape index (κ2) is 7.85. The van der Waals surface area contributed by atoms with E-state index in [1.54, 1.807) is 0 Å². The van der Waals surface area contributed by atoms with Crippen LogP contribution in [0.2, 0.25) is 0 Å². The Hall–Kier alpha value is -1.89. The number of aliphatic imine (C=N–C) groups is 1. The summed E-state index contributed by atoms with van der Waals surface area (Å²) in [6.07, 6.45) is 4.42. The van der Waals surface area contributed by atoms with Crippen molar-refractivity contribution >= 4 is 21.9 Å². The second-order valence-electron chi connectivity index (χ2n) is 8.29. The van der Waals surface area contributed by atoms with Crippen LogP contribution in [0, 0.1) is 0 Å². The van der Waals surface area contributed by atoms with Gasteiger partial charge in [-0.25, -0.2) is 9.67 Å². The molecule has 0 spiro atoms. The third kappa shape index (κ3) is 3.95. The van der Waals surface area contributed by atoms with Gasteiger partial charge in [-0.05, 0) is 30.9 Å². The predicted octanol–water partition coefficient (Wildman–Crippen LogP) is 3.38. The molecule has 1 aromatic heterocycles. The van der Waals surface area contributed by atoms with E-state index in [1.165, 1.54) is 22.9 Å². The van der Waals surface area contributed by atoms with Crippen molar-refractivity contribution in [2.24, 2.45) is 4.99 Å². The first kappa shape index (κ1) is 19.4. The van der Waals surface area contributed by atoms with Gasteiger partial charge in [-0.15, -0.1) is 0 Å². The lowest BCUT2D eigenvalue weighted by Crippen LogP contribution is -2.48. The van der Waals surface area contributed by atoms with E-state index in [0.717, 1.165) is 43.5 Å². The van der Waals surface area contributed by atoms with Crippen molar-refractivity contribution < 1.29 is 0 Å². The number of halogens is 1. The lowest BCUT2D eigenvalue weighted by molar-refractivity contribution is 0.391. The number of aromatic nitrogens is 3. The molecule has 2 N–H and O–H groups in total. The zero-order valence-electron chi connectivity index (χ0n) is 16.9. The van der Waals surface area contributed by atoms with Gasteiger partial charge in [0.05, 0.1) is 6.54 Å². The smallest absolute Gasteiger partial charge is 0.191 e. The van der Waals surface area contributed by atoms with Gasteiger partial charge in [0.25, 0.3) is 0 Å². The molecule has 150 valence electrons. The molecule has 1 aliphatic carbocycles. The molecule has 0 amide bonds. The number of benzene rings is 1. The standard InChI is InChI=1S/C21H29BrN6/c1-14(2)19-26-18-9-8-15(12-28(18)27-19)25-20(23-3)24-13-21(10-11-21)16-6-4-5-7-17(16)22/h4-7,14-15H,8-13H2,1-3H3,(H2,23,24,25). The summed E-state index contributed by atoms with van der Waals surface area (Å²) >= 11 is 3.71. The number of rotatable bonds is 5. The van der Waals surface area contributed by atoms with E-state index in [0.29, 0.717) is 12.0 Å². The minimum atomic E-state index is 0.218. The van der Waals surface area contributed by atoms with Crippen LogP contribution < -0.4 is 10.6 Å². The van der Waals surface area contributed by atoms with Gasteiger partial charge >= 0.3 is 0 Å². The van der Waals surface area contributed by atoms with Crippen molar-refractivity contribution in [3.05, 3.63) is 46.0 Å². The van der Waals surface area contributed by atoms with Crippen LogP contribution in [0.3, 0.4) is 0 Å². The highest BCUT2D eigenvalue weighted by atomic mass is 79.9. The van der Waals surface area contributed by atoms with Crippen LogP contribution in [-0.4, -0.2) is 40.4 Å². The van der Waals surface area contributed by atoms with Crippen LogP contribution in [0.1, 0.15) is 56.2 Å². The summed E-state index contributed by atoms with van der Waals surface area (Å²) in [7, 11) is 1.84. The van der Waals surface area contributed by atoms with E-state index >= 15 is 0 Å². The molecule has 2 aromatic rings. The fourth-order valence-corrected chi connectivity index (χ4v) is 4.62. The summed E-state index contributed by atoms with van der Waals surface area (Å²) in [5.74, 6) is 3.29.